The average Bonchev–Trinajstić information content (AvgIpc) is 2.64. The maximum atomic E-state index is 13.8. The SMILES string of the molecule is Cl.Cl.O=[N+]([O-])c1cc([C@H](c2ccc(OC(F)(F)F)cc2)N2CCNCC2)ccc1F. The Bertz CT molecular complexity index is 848. The van der Waals surface area contributed by atoms with Gasteiger partial charge in [-0.2, -0.15) is 4.39 Å². The van der Waals surface area contributed by atoms with Gasteiger partial charge in [0.2, 0.25) is 5.82 Å². The minimum Gasteiger partial charge on any atom is -0.406 e. The lowest BCUT2D eigenvalue weighted by atomic mass is 9.95. The van der Waals surface area contributed by atoms with E-state index in [0.717, 1.165) is 6.07 Å². The summed E-state index contributed by atoms with van der Waals surface area (Å²) in [5, 5.41) is 14.3. The van der Waals surface area contributed by atoms with Crippen molar-refractivity contribution in [2.45, 2.75) is 12.4 Å². The average molecular weight is 472 g/mol. The second kappa shape index (κ2) is 10.8. The van der Waals surface area contributed by atoms with Gasteiger partial charge in [0.25, 0.3) is 0 Å². The molecule has 2 aromatic rings. The van der Waals surface area contributed by atoms with Crippen LogP contribution in [0.15, 0.2) is 42.5 Å². The quantitative estimate of drug-likeness (QED) is 0.395. The van der Waals surface area contributed by atoms with Crippen molar-refractivity contribution in [3.63, 3.8) is 0 Å². The lowest BCUT2D eigenvalue weighted by molar-refractivity contribution is -0.387. The molecular weight excluding hydrogens is 453 g/mol. The Morgan fingerprint density at radius 3 is 2.13 bits per heavy atom. The highest BCUT2D eigenvalue weighted by Crippen LogP contribution is 2.33. The Morgan fingerprint density at radius 2 is 1.60 bits per heavy atom. The van der Waals surface area contributed by atoms with Gasteiger partial charge >= 0.3 is 12.0 Å². The summed E-state index contributed by atoms with van der Waals surface area (Å²) in [6, 6.07) is 8.51. The smallest absolute Gasteiger partial charge is 0.406 e. The molecule has 30 heavy (non-hydrogen) atoms. The molecule has 0 saturated carbocycles. The number of halogens is 6. The number of ether oxygens (including phenoxy) is 1. The summed E-state index contributed by atoms with van der Waals surface area (Å²) >= 11 is 0. The minimum atomic E-state index is -4.79. The number of hydrogen-bond donors (Lipinski definition) is 1. The van der Waals surface area contributed by atoms with E-state index < -0.39 is 28.8 Å². The first-order chi connectivity index (χ1) is 13.2. The molecule has 1 saturated heterocycles. The van der Waals surface area contributed by atoms with E-state index in [4.69, 9.17) is 0 Å². The lowest BCUT2D eigenvalue weighted by Gasteiger charge is -2.35. The van der Waals surface area contributed by atoms with Gasteiger partial charge in [-0.05, 0) is 29.3 Å². The highest BCUT2D eigenvalue weighted by molar-refractivity contribution is 5.85. The summed E-state index contributed by atoms with van der Waals surface area (Å²) in [5.74, 6) is -1.30. The maximum absolute atomic E-state index is 13.8. The van der Waals surface area contributed by atoms with E-state index >= 15 is 0 Å². The van der Waals surface area contributed by atoms with Crippen LogP contribution in [0.3, 0.4) is 0 Å². The third-order valence-corrected chi connectivity index (χ3v) is 4.43. The number of piperazine rings is 1. The van der Waals surface area contributed by atoms with Gasteiger partial charge in [0, 0.05) is 32.2 Å². The summed E-state index contributed by atoms with van der Waals surface area (Å²) in [7, 11) is 0. The van der Waals surface area contributed by atoms with Crippen molar-refractivity contribution in [3.05, 3.63) is 69.5 Å². The van der Waals surface area contributed by atoms with Crippen LogP contribution in [-0.4, -0.2) is 42.4 Å². The molecule has 1 aliphatic rings. The number of nitro benzene ring substituents is 1. The molecule has 2 aromatic carbocycles. The van der Waals surface area contributed by atoms with Crippen LogP contribution < -0.4 is 10.1 Å². The van der Waals surface area contributed by atoms with Gasteiger partial charge < -0.3 is 10.1 Å². The number of rotatable bonds is 5. The van der Waals surface area contributed by atoms with E-state index in [1.54, 1.807) is 0 Å². The molecule has 0 amide bonds. The molecule has 3 rings (SSSR count). The predicted molar refractivity (Wildman–Crippen MR) is 107 cm³/mol. The summed E-state index contributed by atoms with van der Waals surface area (Å²) < 4.78 is 54.8. The van der Waals surface area contributed by atoms with Crippen LogP contribution in [0.1, 0.15) is 17.2 Å². The number of alkyl halides is 3. The highest BCUT2D eigenvalue weighted by atomic mass is 35.5. The summed E-state index contributed by atoms with van der Waals surface area (Å²) in [6.07, 6.45) is -4.79. The molecule has 1 atom stereocenters. The third-order valence-electron chi connectivity index (χ3n) is 4.43. The molecule has 0 bridgehead atoms. The second-order valence-corrected chi connectivity index (χ2v) is 6.27. The van der Waals surface area contributed by atoms with Crippen molar-refractivity contribution in [1.29, 1.82) is 0 Å². The van der Waals surface area contributed by atoms with Crippen LogP contribution in [-0.2, 0) is 0 Å². The Balaban J connectivity index is 0.00000225. The normalized spacial score (nSPS) is 15.5. The van der Waals surface area contributed by atoms with E-state index in [9.17, 15) is 27.7 Å². The van der Waals surface area contributed by atoms with Gasteiger partial charge in [0.05, 0.1) is 11.0 Å². The zero-order valence-corrected chi connectivity index (χ0v) is 17.0. The zero-order valence-electron chi connectivity index (χ0n) is 15.4. The Hall–Kier alpha value is -2.14. The van der Waals surface area contributed by atoms with Crippen LogP contribution in [0, 0.1) is 15.9 Å². The first-order valence-electron chi connectivity index (χ1n) is 8.49. The lowest BCUT2D eigenvalue weighted by Crippen LogP contribution is -2.45. The molecule has 0 unspecified atom stereocenters. The maximum Gasteiger partial charge on any atom is 0.573 e. The van der Waals surface area contributed by atoms with Crippen molar-refractivity contribution >= 4 is 30.5 Å². The Morgan fingerprint density at radius 1 is 1.03 bits per heavy atom. The fraction of sp³-hybridized carbons (Fsp3) is 0.333. The van der Waals surface area contributed by atoms with Crippen molar-refractivity contribution < 1.29 is 27.2 Å². The fourth-order valence-corrected chi connectivity index (χ4v) is 3.25. The molecule has 6 nitrogen and oxygen atoms in total. The van der Waals surface area contributed by atoms with E-state index in [2.05, 4.69) is 10.1 Å². The van der Waals surface area contributed by atoms with E-state index in [-0.39, 0.29) is 30.6 Å². The Labute approximate surface area is 182 Å². The Kier molecular flexibility index (Phi) is 9.29. The predicted octanol–water partition coefficient (Wildman–Crippen LogP) is 4.47. The van der Waals surface area contributed by atoms with Crippen LogP contribution in [0.25, 0.3) is 0 Å². The molecule has 1 fully saturated rings. The fourth-order valence-electron chi connectivity index (χ4n) is 3.25. The number of hydrogen-bond acceptors (Lipinski definition) is 5. The molecule has 0 radical (unpaired) electrons. The minimum absolute atomic E-state index is 0. The van der Waals surface area contributed by atoms with Crippen molar-refractivity contribution in [2.24, 2.45) is 0 Å². The van der Waals surface area contributed by atoms with E-state index in [1.165, 1.54) is 36.4 Å². The standard InChI is InChI=1S/C18H17F4N3O3.2ClH/c19-15-6-3-13(11-16(15)25(26)27)17(24-9-7-23-8-10-24)12-1-4-14(5-2-12)28-18(20,21)22;;/h1-6,11,17,23H,7-10H2;2*1H/t17-;;/m0../s1. The molecule has 1 aliphatic heterocycles. The van der Waals surface area contributed by atoms with Gasteiger partial charge in [-0.15, -0.1) is 38.0 Å². The van der Waals surface area contributed by atoms with Gasteiger partial charge in [0.1, 0.15) is 5.75 Å². The largest absolute Gasteiger partial charge is 0.573 e. The number of nitrogens with one attached hydrogen (secondary N) is 1. The number of nitro groups is 1. The van der Waals surface area contributed by atoms with Crippen LogP contribution in [0.5, 0.6) is 5.75 Å². The van der Waals surface area contributed by atoms with Gasteiger partial charge in [0.15, 0.2) is 0 Å². The highest BCUT2D eigenvalue weighted by Gasteiger charge is 2.31. The van der Waals surface area contributed by atoms with Crippen LogP contribution in [0.2, 0.25) is 0 Å². The van der Waals surface area contributed by atoms with Crippen molar-refractivity contribution in [1.82, 2.24) is 10.2 Å². The summed E-state index contributed by atoms with van der Waals surface area (Å²) in [5.41, 5.74) is 0.464. The number of benzene rings is 2. The molecule has 0 aliphatic carbocycles. The first-order valence-corrected chi connectivity index (χ1v) is 8.49. The topological polar surface area (TPSA) is 67.6 Å². The molecule has 166 valence electrons. The van der Waals surface area contributed by atoms with Crippen LogP contribution >= 0.6 is 24.8 Å². The van der Waals surface area contributed by atoms with Gasteiger partial charge in [-0.25, -0.2) is 0 Å². The molecule has 0 spiro atoms. The summed E-state index contributed by atoms with van der Waals surface area (Å²) in [4.78, 5) is 12.3. The second-order valence-electron chi connectivity index (χ2n) is 6.27. The van der Waals surface area contributed by atoms with Gasteiger partial charge in [-0.3, -0.25) is 15.0 Å². The molecule has 0 aromatic heterocycles. The zero-order chi connectivity index (χ0) is 20.3. The molecule has 1 heterocycles. The monoisotopic (exact) mass is 471 g/mol. The number of nitrogens with zero attached hydrogens (tertiary/aromatic N) is 2. The summed E-state index contributed by atoms with van der Waals surface area (Å²) in [6.45, 7) is 2.62. The molecule has 1 N–H and O–H groups in total. The van der Waals surface area contributed by atoms with E-state index in [1.807, 2.05) is 4.90 Å². The molecule has 12 heteroatoms. The first kappa shape index (κ1) is 25.9. The third kappa shape index (κ3) is 6.43. The van der Waals surface area contributed by atoms with Crippen molar-refractivity contribution in [2.75, 3.05) is 26.2 Å². The molecular formula is C18H19Cl2F4N3O3. The van der Waals surface area contributed by atoms with Crippen molar-refractivity contribution in [3.8, 4) is 5.75 Å². The van der Waals surface area contributed by atoms with Gasteiger partial charge in [-0.1, -0.05) is 18.2 Å². The van der Waals surface area contributed by atoms with Crippen LogP contribution in [0.4, 0.5) is 23.2 Å². The van der Waals surface area contributed by atoms with E-state index in [0.29, 0.717) is 37.3 Å².